The van der Waals surface area contributed by atoms with Gasteiger partial charge in [-0.25, -0.2) is 9.97 Å². The molecule has 22 heavy (non-hydrogen) atoms. The molecule has 0 radical (unpaired) electrons. The van der Waals surface area contributed by atoms with Gasteiger partial charge in [-0.1, -0.05) is 5.92 Å². The predicted molar refractivity (Wildman–Crippen MR) is 77.5 cm³/mol. The maximum atomic E-state index is 10.6. The molecule has 0 bridgehead atoms. The number of aromatic nitrogens is 3. The third-order valence-corrected chi connectivity index (χ3v) is 3.98. The number of aliphatic hydroxyl groups is 3. The van der Waals surface area contributed by atoms with Crippen LogP contribution in [0, 0.1) is 12.3 Å². The Morgan fingerprint density at radius 1 is 1.55 bits per heavy atom. The van der Waals surface area contributed by atoms with E-state index in [2.05, 4.69) is 15.9 Å². The Kier molecular flexibility index (Phi) is 3.30. The molecule has 2 aromatic rings. The Bertz CT molecular complexity index is 764. The lowest BCUT2D eigenvalue weighted by atomic mass is 9.96. The maximum Gasteiger partial charge on any atom is 0.167 e. The summed E-state index contributed by atoms with van der Waals surface area (Å²) >= 11 is 0. The van der Waals surface area contributed by atoms with Crippen LogP contribution in [0.25, 0.3) is 11.0 Å². The van der Waals surface area contributed by atoms with Gasteiger partial charge in [0.2, 0.25) is 0 Å². The molecule has 116 valence electrons. The SMILES string of the molecule is C#Cc1cn(C2OC(CO)[C@@H](O)[C@@]2(C)O)c2ncnc(N)c12. The van der Waals surface area contributed by atoms with Gasteiger partial charge < -0.3 is 30.4 Å². The van der Waals surface area contributed by atoms with Crippen molar-refractivity contribution < 1.29 is 20.1 Å². The highest BCUT2D eigenvalue weighted by Crippen LogP contribution is 2.40. The van der Waals surface area contributed by atoms with E-state index in [0.717, 1.165) is 0 Å². The Hall–Kier alpha value is -2.18. The summed E-state index contributed by atoms with van der Waals surface area (Å²) in [6.45, 7) is 0.996. The van der Waals surface area contributed by atoms with Crippen molar-refractivity contribution in [3.05, 3.63) is 18.1 Å². The zero-order chi connectivity index (χ0) is 16.1. The van der Waals surface area contributed by atoms with E-state index >= 15 is 0 Å². The number of nitrogens with two attached hydrogens (primary N) is 1. The quantitative estimate of drug-likeness (QED) is 0.524. The number of aliphatic hydroxyl groups excluding tert-OH is 2. The second-order valence-corrected chi connectivity index (χ2v) is 5.43. The molecule has 1 fully saturated rings. The maximum absolute atomic E-state index is 10.6. The van der Waals surface area contributed by atoms with Crippen LogP contribution in [-0.4, -0.2) is 54.3 Å². The zero-order valence-corrected chi connectivity index (χ0v) is 11.8. The van der Waals surface area contributed by atoms with E-state index < -0.39 is 30.6 Å². The lowest BCUT2D eigenvalue weighted by molar-refractivity contribution is -0.0948. The average molecular weight is 304 g/mol. The Morgan fingerprint density at radius 2 is 2.27 bits per heavy atom. The van der Waals surface area contributed by atoms with Crippen molar-refractivity contribution in [2.45, 2.75) is 31.0 Å². The second-order valence-electron chi connectivity index (χ2n) is 5.43. The number of terminal acetylenes is 1. The van der Waals surface area contributed by atoms with Crippen LogP contribution in [0.3, 0.4) is 0 Å². The number of anilines is 1. The number of hydrogen-bond donors (Lipinski definition) is 4. The molecule has 5 N–H and O–H groups in total. The monoisotopic (exact) mass is 304 g/mol. The highest BCUT2D eigenvalue weighted by Gasteiger charge is 2.53. The number of rotatable bonds is 2. The Labute approximate surface area is 126 Å². The first-order chi connectivity index (χ1) is 10.4. The Balaban J connectivity index is 2.20. The first-order valence-electron chi connectivity index (χ1n) is 6.66. The number of nitrogen functional groups attached to an aromatic ring is 1. The van der Waals surface area contributed by atoms with E-state index in [-0.39, 0.29) is 5.82 Å². The van der Waals surface area contributed by atoms with Gasteiger partial charge in [0.25, 0.3) is 0 Å². The summed E-state index contributed by atoms with van der Waals surface area (Å²) < 4.78 is 7.07. The highest BCUT2D eigenvalue weighted by molar-refractivity contribution is 5.92. The lowest BCUT2D eigenvalue weighted by Crippen LogP contribution is -2.44. The summed E-state index contributed by atoms with van der Waals surface area (Å²) in [6.07, 6.45) is 5.17. The third-order valence-electron chi connectivity index (χ3n) is 3.98. The van der Waals surface area contributed by atoms with Crippen LogP contribution < -0.4 is 5.73 Å². The minimum absolute atomic E-state index is 0.216. The molecule has 8 nitrogen and oxygen atoms in total. The molecule has 1 aliphatic heterocycles. The molecule has 8 heteroatoms. The van der Waals surface area contributed by atoms with Gasteiger partial charge >= 0.3 is 0 Å². The molecular formula is C14H16N4O4. The number of hydrogen-bond acceptors (Lipinski definition) is 7. The van der Waals surface area contributed by atoms with Crippen LogP contribution in [-0.2, 0) is 4.74 Å². The van der Waals surface area contributed by atoms with E-state index in [0.29, 0.717) is 16.6 Å². The molecule has 2 aromatic heterocycles. The van der Waals surface area contributed by atoms with Gasteiger partial charge in [-0.3, -0.25) is 0 Å². The van der Waals surface area contributed by atoms with Crippen molar-refractivity contribution in [2.24, 2.45) is 0 Å². The molecule has 1 aliphatic rings. The number of fused-ring (bicyclic) bond motifs is 1. The molecule has 0 saturated carbocycles. The summed E-state index contributed by atoms with van der Waals surface area (Å²) in [5.41, 5.74) is 5.05. The second kappa shape index (κ2) is 4.93. The van der Waals surface area contributed by atoms with Crippen molar-refractivity contribution in [2.75, 3.05) is 12.3 Å². The van der Waals surface area contributed by atoms with Gasteiger partial charge in [-0.2, -0.15) is 0 Å². The molecule has 3 rings (SSSR count). The molecule has 0 amide bonds. The van der Waals surface area contributed by atoms with E-state index in [9.17, 15) is 15.3 Å². The van der Waals surface area contributed by atoms with Gasteiger partial charge in [0.05, 0.1) is 17.6 Å². The van der Waals surface area contributed by atoms with E-state index in [1.807, 2.05) is 0 Å². The van der Waals surface area contributed by atoms with Crippen LogP contribution in [0.1, 0.15) is 18.7 Å². The van der Waals surface area contributed by atoms with E-state index in [1.54, 1.807) is 6.20 Å². The van der Waals surface area contributed by atoms with Crippen molar-refractivity contribution >= 4 is 16.9 Å². The highest BCUT2D eigenvalue weighted by atomic mass is 16.6. The van der Waals surface area contributed by atoms with Gasteiger partial charge in [0.1, 0.15) is 35.6 Å². The smallest absolute Gasteiger partial charge is 0.167 e. The number of nitrogens with zero attached hydrogens (tertiary/aromatic N) is 3. The van der Waals surface area contributed by atoms with Gasteiger partial charge in [-0.05, 0) is 6.92 Å². The predicted octanol–water partition coefficient (Wildman–Crippen LogP) is -1.00. The molecule has 2 unspecified atom stereocenters. The summed E-state index contributed by atoms with van der Waals surface area (Å²) in [6, 6.07) is 0. The zero-order valence-electron chi connectivity index (χ0n) is 11.8. The molecular weight excluding hydrogens is 288 g/mol. The fourth-order valence-corrected chi connectivity index (χ4v) is 2.79. The minimum Gasteiger partial charge on any atom is -0.394 e. The minimum atomic E-state index is -1.63. The van der Waals surface area contributed by atoms with Crippen molar-refractivity contribution in [1.29, 1.82) is 0 Å². The van der Waals surface area contributed by atoms with Crippen molar-refractivity contribution in [1.82, 2.24) is 14.5 Å². The molecule has 0 aliphatic carbocycles. The Morgan fingerprint density at radius 3 is 2.86 bits per heavy atom. The largest absolute Gasteiger partial charge is 0.394 e. The van der Waals surface area contributed by atoms with Crippen LogP contribution in [0.2, 0.25) is 0 Å². The normalized spacial score (nSPS) is 31.5. The van der Waals surface area contributed by atoms with Crippen molar-refractivity contribution in [3.63, 3.8) is 0 Å². The lowest BCUT2D eigenvalue weighted by Gasteiger charge is -2.27. The van der Waals surface area contributed by atoms with Crippen molar-refractivity contribution in [3.8, 4) is 12.3 Å². The molecule has 0 aromatic carbocycles. The van der Waals surface area contributed by atoms with Crippen LogP contribution in [0.4, 0.5) is 5.82 Å². The molecule has 1 saturated heterocycles. The van der Waals surface area contributed by atoms with Gasteiger partial charge in [0.15, 0.2) is 6.23 Å². The van der Waals surface area contributed by atoms with Gasteiger partial charge in [-0.15, -0.1) is 6.42 Å². The van der Waals surface area contributed by atoms with Crippen LogP contribution >= 0.6 is 0 Å². The fraction of sp³-hybridized carbons (Fsp3) is 0.429. The summed E-state index contributed by atoms with van der Waals surface area (Å²) in [5.74, 6) is 2.70. The summed E-state index contributed by atoms with van der Waals surface area (Å²) in [7, 11) is 0. The summed E-state index contributed by atoms with van der Waals surface area (Å²) in [5, 5.41) is 30.4. The van der Waals surface area contributed by atoms with E-state index in [1.165, 1.54) is 17.8 Å². The summed E-state index contributed by atoms with van der Waals surface area (Å²) in [4.78, 5) is 8.04. The molecule has 4 atom stereocenters. The van der Waals surface area contributed by atoms with Gasteiger partial charge in [0, 0.05) is 6.20 Å². The average Bonchev–Trinajstić information content (AvgIpc) is 2.97. The molecule has 0 spiro atoms. The topological polar surface area (TPSA) is 127 Å². The first kappa shape index (κ1) is 14.7. The standard InChI is InChI=1S/C14H16N4O4/c1-3-7-4-18(12-9(7)11(15)16-6-17-12)13-14(2,21)10(20)8(5-19)22-13/h1,4,6,8,10,13,19-21H,5H2,2H3,(H2,15,16,17)/t8?,10-,13?,14-/m1/s1. The van der Waals surface area contributed by atoms with Crippen LogP contribution in [0.5, 0.6) is 0 Å². The number of ether oxygens (including phenoxy) is 1. The fourth-order valence-electron chi connectivity index (χ4n) is 2.79. The van der Waals surface area contributed by atoms with Crippen LogP contribution in [0.15, 0.2) is 12.5 Å². The third kappa shape index (κ3) is 1.88. The first-order valence-corrected chi connectivity index (χ1v) is 6.66. The van der Waals surface area contributed by atoms with E-state index in [4.69, 9.17) is 16.9 Å². The molecule has 3 heterocycles.